The highest BCUT2D eigenvalue weighted by molar-refractivity contribution is 5.90. The van der Waals surface area contributed by atoms with Crippen LogP contribution in [0, 0.1) is 5.41 Å². The second-order valence-electron chi connectivity index (χ2n) is 5.08. The lowest BCUT2D eigenvalue weighted by Crippen LogP contribution is -2.24. The van der Waals surface area contributed by atoms with E-state index in [9.17, 15) is 4.79 Å². The molecule has 1 amide bonds. The van der Waals surface area contributed by atoms with E-state index in [-0.39, 0.29) is 11.1 Å². The van der Waals surface area contributed by atoms with Gasteiger partial charge < -0.3 is 16.8 Å². The molecule has 18 heavy (non-hydrogen) atoms. The number of amides is 1. The van der Waals surface area contributed by atoms with Gasteiger partial charge in [0.1, 0.15) is 5.82 Å². The summed E-state index contributed by atoms with van der Waals surface area (Å²) in [4.78, 5) is 10.8. The number of carbonyl (C=O) groups is 1. The van der Waals surface area contributed by atoms with Crippen molar-refractivity contribution in [3.63, 3.8) is 0 Å². The lowest BCUT2D eigenvalue weighted by Gasteiger charge is -2.24. The molecule has 100 valence electrons. The number of hydrogen-bond acceptors (Lipinski definition) is 5. The quantitative estimate of drug-likeness (QED) is 0.663. The molecule has 1 aromatic heterocycles. The number of aromatic nitrogens is 2. The molecule has 1 rings (SSSR count). The fourth-order valence-electron chi connectivity index (χ4n) is 1.56. The first-order chi connectivity index (χ1) is 8.44. The molecule has 1 heterocycles. The third-order valence-corrected chi connectivity index (χ3v) is 2.72. The van der Waals surface area contributed by atoms with Crippen LogP contribution in [0.5, 0.6) is 0 Å². The maximum Gasteiger partial charge on any atom is 0.269 e. The lowest BCUT2D eigenvalue weighted by atomic mass is 9.88. The van der Waals surface area contributed by atoms with Crippen LogP contribution in [-0.2, 0) is 0 Å². The van der Waals surface area contributed by atoms with Gasteiger partial charge in [-0.1, -0.05) is 13.8 Å². The van der Waals surface area contributed by atoms with Gasteiger partial charge in [0.15, 0.2) is 5.69 Å². The zero-order valence-corrected chi connectivity index (χ0v) is 10.9. The topological polar surface area (TPSA) is 107 Å². The molecule has 5 N–H and O–H groups in total. The number of anilines is 1. The highest BCUT2D eigenvalue weighted by atomic mass is 16.1. The van der Waals surface area contributed by atoms with Gasteiger partial charge in [-0.15, -0.1) is 10.2 Å². The first-order valence-electron chi connectivity index (χ1n) is 6.02. The second-order valence-corrected chi connectivity index (χ2v) is 5.08. The van der Waals surface area contributed by atoms with Crippen LogP contribution in [0.15, 0.2) is 12.1 Å². The average molecular weight is 251 g/mol. The maximum atomic E-state index is 10.8. The van der Waals surface area contributed by atoms with Crippen LogP contribution in [0.25, 0.3) is 0 Å². The monoisotopic (exact) mass is 251 g/mol. The molecule has 0 saturated heterocycles. The van der Waals surface area contributed by atoms with E-state index in [0.717, 1.165) is 19.4 Å². The zero-order valence-electron chi connectivity index (χ0n) is 10.9. The summed E-state index contributed by atoms with van der Waals surface area (Å²) in [7, 11) is 0. The van der Waals surface area contributed by atoms with Crippen molar-refractivity contribution in [1.82, 2.24) is 10.2 Å². The van der Waals surface area contributed by atoms with Gasteiger partial charge in [0.2, 0.25) is 0 Å². The van der Waals surface area contributed by atoms with Gasteiger partial charge >= 0.3 is 0 Å². The van der Waals surface area contributed by atoms with E-state index < -0.39 is 5.91 Å². The summed E-state index contributed by atoms with van der Waals surface area (Å²) in [6.07, 6.45) is 2.05. The predicted molar refractivity (Wildman–Crippen MR) is 71.1 cm³/mol. The Balaban J connectivity index is 2.50. The van der Waals surface area contributed by atoms with Gasteiger partial charge in [-0.05, 0) is 36.9 Å². The minimum Gasteiger partial charge on any atom is -0.368 e. The Labute approximate surface area is 107 Å². The number of rotatable bonds is 7. The molecule has 0 unspecified atom stereocenters. The van der Waals surface area contributed by atoms with Gasteiger partial charge in [0, 0.05) is 6.54 Å². The fourth-order valence-corrected chi connectivity index (χ4v) is 1.56. The molecule has 0 radical (unpaired) electrons. The Morgan fingerprint density at radius 3 is 2.61 bits per heavy atom. The van der Waals surface area contributed by atoms with E-state index in [0.29, 0.717) is 12.4 Å². The molecule has 0 fully saturated rings. The van der Waals surface area contributed by atoms with E-state index >= 15 is 0 Å². The molecular formula is C12H21N5O. The third kappa shape index (κ3) is 4.67. The van der Waals surface area contributed by atoms with Crippen molar-refractivity contribution in [3.8, 4) is 0 Å². The Kier molecular flexibility index (Phi) is 5.03. The highest BCUT2D eigenvalue weighted by Gasteiger charge is 2.17. The third-order valence-electron chi connectivity index (χ3n) is 2.72. The van der Waals surface area contributed by atoms with E-state index in [4.69, 9.17) is 11.5 Å². The predicted octanol–water partition coefficient (Wildman–Crippen LogP) is 0.753. The Bertz CT molecular complexity index is 388. The van der Waals surface area contributed by atoms with Gasteiger partial charge in [-0.3, -0.25) is 4.79 Å². The summed E-state index contributed by atoms with van der Waals surface area (Å²) in [6, 6.07) is 3.26. The standard InChI is InChI=1S/C12H21N5O/c1-12(2,6-3-7-13)8-15-10-5-4-9(11(14)18)16-17-10/h4-5H,3,6-8,13H2,1-2H3,(H2,14,18)(H,15,17). The van der Waals surface area contributed by atoms with E-state index in [1.54, 1.807) is 12.1 Å². The largest absolute Gasteiger partial charge is 0.368 e. The van der Waals surface area contributed by atoms with Crippen LogP contribution in [0.3, 0.4) is 0 Å². The first kappa shape index (κ1) is 14.4. The van der Waals surface area contributed by atoms with E-state index in [1.165, 1.54) is 0 Å². The molecule has 0 aliphatic heterocycles. The summed E-state index contributed by atoms with van der Waals surface area (Å²) in [5, 5.41) is 10.8. The van der Waals surface area contributed by atoms with Crippen LogP contribution in [-0.4, -0.2) is 29.2 Å². The SMILES string of the molecule is CC(C)(CCCN)CNc1ccc(C(N)=O)nn1. The normalized spacial score (nSPS) is 11.3. The first-order valence-corrected chi connectivity index (χ1v) is 6.02. The molecule has 0 atom stereocenters. The molecule has 0 bridgehead atoms. The molecule has 6 nitrogen and oxygen atoms in total. The fraction of sp³-hybridized carbons (Fsp3) is 0.583. The Hall–Kier alpha value is -1.69. The highest BCUT2D eigenvalue weighted by Crippen LogP contribution is 2.22. The number of nitrogens with one attached hydrogen (secondary N) is 1. The van der Waals surface area contributed by atoms with Crippen molar-refractivity contribution in [1.29, 1.82) is 0 Å². The van der Waals surface area contributed by atoms with Crippen molar-refractivity contribution in [3.05, 3.63) is 17.8 Å². The van der Waals surface area contributed by atoms with Gasteiger partial charge in [0.05, 0.1) is 0 Å². The Morgan fingerprint density at radius 2 is 2.11 bits per heavy atom. The van der Waals surface area contributed by atoms with Crippen molar-refractivity contribution in [2.24, 2.45) is 16.9 Å². The number of primary amides is 1. The maximum absolute atomic E-state index is 10.8. The van der Waals surface area contributed by atoms with Crippen LogP contribution in [0.2, 0.25) is 0 Å². The minimum absolute atomic E-state index is 0.142. The number of nitrogens with zero attached hydrogens (tertiary/aromatic N) is 2. The van der Waals surface area contributed by atoms with Gasteiger partial charge in [0.25, 0.3) is 5.91 Å². The summed E-state index contributed by atoms with van der Waals surface area (Å²) < 4.78 is 0. The average Bonchev–Trinajstić information content (AvgIpc) is 2.35. The van der Waals surface area contributed by atoms with Crippen molar-refractivity contribution >= 4 is 11.7 Å². The molecule has 0 saturated carbocycles. The molecular weight excluding hydrogens is 230 g/mol. The zero-order chi connectivity index (χ0) is 13.6. The molecule has 0 aliphatic carbocycles. The molecule has 0 spiro atoms. The minimum atomic E-state index is -0.572. The van der Waals surface area contributed by atoms with Crippen LogP contribution < -0.4 is 16.8 Å². The van der Waals surface area contributed by atoms with Gasteiger partial charge in [-0.2, -0.15) is 0 Å². The van der Waals surface area contributed by atoms with Crippen molar-refractivity contribution in [2.75, 3.05) is 18.4 Å². The Morgan fingerprint density at radius 1 is 1.39 bits per heavy atom. The summed E-state index contributed by atoms with van der Waals surface area (Å²) in [6.45, 7) is 5.82. The summed E-state index contributed by atoms with van der Waals surface area (Å²) >= 11 is 0. The number of nitrogens with two attached hydrogens (primary N) is 2. The molecule has 0 aliphatic rings. The van der Waals surface area contributed by atoms with Gasteiger partial charge in [-0.25, -0.2) is 0 Å². The van der Waals surface area contributed by atoms with E-state index in [1.807, 2.05) is 0 Å². The van der Waals surface area contributed by atoms with Crippen molar-refractivity contribution in [2.45, 2.75) is 26.7 Å². The van der Waals surface area contributed by atoms with Crippen LogP contribution in [0.1, 0.15) is 37.2 Å². The van der Waals surface area contributed by atoms with Crippen LogP contribution >= 0.6 is 0 Å². The number of carbonyl (C=O) groups excluding carboxylic acids is 1. The molecule has 1 aromatic rings. The van der Waals surface area contributed by atoms with Crippen molar-refractivity contribution < 1.29 is 4.79 Å². The molecule has 6 heteroatoms. The smallest absolute Gasteiger partial charge is 0.269 e. The summed E-state index contributed by atoms with van der Waals surface area (Å²) in [5.41, 5.74) is 10.9. The second kappa shape index (κ2) is 6.30. The summed E-state index contributed by atoms with van der Waals surface area (Å²) in [5.74, 6) is 0.0677. The van der Waals surface area contributed by atoms with E-state index in [2.05, 4.69) is 29.4 Å². The lowest BCUT2D eigenvalue weighted by molar-refractivity contribution is 0.0994. The van der Waals surface area contributed by atoms with Crippen LogP contribution in [0.4, 0.5) is 5.82 Å². The number of hydrogen-bond donors (Lipinski definition) is 3. The molecule has 0 aromatic carbocycles.